The minimum atomic E-state index is -0.526. The van der Waals surface area contributed by atoms with Crippen molar-refractivity contribution in [1.29, 1.82) is 0 Å². The fourth-order valence-corrected chi connectivity index (χ4v) is 3.40. The maximum atomic E-state index is 12.0. The Balaban J connectivity index is 1.60. The van der Waals surface area contributed by atoms with Gasteiger partial charge in [0.2, 0.25) is 0 Å². The van der Waals surface area contributed by atoms with Gasteiger partial charge in [0.15, 0.2) is 12.4 Å². The first-order chi connectivity index (χ1) is 14.3. The van der Waals surface area contributed by atoms with Crippen molar-refractivity contribution in [2.75, 3.05) is 6.61 Å². The summed E-state index contributed by atoms with van der Waals surface area (Å²) in [6, 6.07) is 12.5. The molecule has 0 aliphatic carbocycles. The fourth-order valence-electron chi connectivity index (χ4n) is 2.48. The van der Waals surface area contributed by atoms with Gasteiger partial charge in [0.1, 0.15) is 0 Å². The van der Waals surface area contributed by atoms with E-state index < -0.39 is 10.8 Å². The molecule has 0 atom stereocenters. The lowest BCUT2D eigenvalue weighted by Gasteiger charge is -2.09. The molecule has 0 aliphatic heterocycles. The van der Waals surface area contributed by atoms with Crippen molar-refractivity contribution in [3.8, 4) is 11.4 Å². The van der Waals surface area contributed by atoms with Crippen LogP contribution in [0.15, 0.2) is 59.8 Å². The van der Waals surface area contributed by atoms with Gasteiger partial charge in [-0.05, 0) is 36.4 Å². The third-order valence-corrected chi connectivity index (χ3v) is 4.60. The number of nitrogens with one attached hydrogen (secondary N) is 1. The Kier molecular flexibility index (Phi) is 6.94. The van der Waals surface area contributed by atoms with E-state index in [1.165, 1.54) is 30.5 Å². The van der Waals surface area contributed by atoms with Crippen LogP contribution in [0.3, 0.4) is 0 Å². The number of aromatic nitrogens is 1. The van der Waals surface area contributed by atoms with Crippen LogP contribution in [-0.2, 0) is 4.79 Å². The second kappa shape index (κ2) is 9.62. The molecule has 3 rings (SSSR count). The number of carbonyl (C=O) groups is 1. The predicted octanol–water partition coefficient (Wildman–Crippen LogP) is 4.87. The van der Waals surface area contributed by atoms with Gasteiger partial charge < -0.3 is 9.30 Å². The maximum absolute atomic E-state index is 12.0. The van der Waals surface area contributed by atoms with Gasteiger partial charge in [-0.2, -0.15) is 5.10 Å². The van der Waals surface area contributed by atoms with Crippen LogP contribution in [0.5, 0.6) is 5.75 Å². The Bertz CT molecular complexity index is 1090. The summed E-state index contributed by atoms with van der Waals surface area (Å²) < 4.78 is 7.08. The summed E-state index contributed by atoms with van der Waals surface area (Å²) in [5.41, 5.74) is 3.68. The molecule has 0 saturated carbocycles. The molecule has 0 fully saturated rings. The first kappa shape index (κ1) is 21.6. The number of nitro groups is 1. The Hall–Kier alpha value is -3.07. The van der Waals surface area contributed by atoms with E-state index in [9.17, 15) is 14.9 Å². The van der Waals surface area contributed by atoms with Crippen LogP contribution >= 0.6 is 34.8 Å². The van der Waals surface area contributed by atoms with E-state index in [1.54, 1.807) is 35.0 Å². The first-order valence-corrected chi connectivity index (χ1v) is 9.50. The molecule has 0 saturated heterocycles. The van der Waals surface area contributed by atoms with Crippen LogP contribution in [0.4, 0.5) is 5.69 Å². The molecule has 154 valence electrons. The molecule has 0 bridgehead atoms. The van der Waals surface area contributed by atoms with E-state index in [1.807, 2.05) is 0 Å². The molecule has 0 radical (unpaired) electrons. The van der Waals surface area contributed by atoms with E-state index in [0.717, 1.165) is 0 Å². The predicted molar refractivity (Wildman–Crippen MR) is 115 cm³/mol. The Morgan fingerprint density at radius 3 is 2.47 bits per heavy atom. The van der Waals surface area contributed by atoms with Crippen LogP contribution in [0.25, 0.3) is 5.69 Å². The van der Waals surface area contributed by atoms with Crippen LogP contribution < -0.4 is 10.2 Å². The van der Waals surface area contributed by atoms with Gasteiger partial charge in [0.05, 0.1) is 26.9 Å². The van der Waals surface area contributed by atoms with Gasteiger partial charge in [-0.1, -0.05) is 34.8 Å². The molecule has 0 unspecified atom stereocenters. The van der Waals surface area contributed by atoms with Crippen LogP contribution in [-0.4, -0.2) is 28.2 Å². The van der Waals surface area contributed by atoms with Crippen molar-refractivity contribution in [2.45, 2.75) is 0 Å². The third kappa shape index (κ3) is 5.29. The van der Waals surface area contributed by atoms with Crippen molar-refractivity contribution in [2.24, 2.45) is 5.10 Å². The van der Waals surface area contributed by atoms with Gasteiger partial charge in [0, 0.05) is 29.0 Å². The summed E-state index contributed by atoms with van der Waals surface area (Å²) in [5, 5.41) is 15.4. The van der Waals surface area contributed by atoms with Crippen molar-refractivity contribution in [3.05, 3.63) is 85.6 Å². The smallest absolute Gasteiger partial charge is 0.277 e. The zero-order chi connectivity index (χ0) is 21.7. The molecule has 30 heavy (non-hydrogen) atoms. The average Bonchev–Trinajstić information content (AvgIpc) is 3.15. The number of amides is 1. The summed E-state index contributed by atoms with van der Waals surface area (Å²) in [4.78, 5) is 22.3. The van der Waals surface area contributed by atoms with Crippen molar-refractivity contribution >= 4 is 52.6 Å². The van der Waals surface area contributed by atoms with E-state index in [2.05, 4.69) is 10.5 Å². The lowest BCUT2D eigenvalue weighted by molar-refractivity contribution is -0.384. The van der Waals surface area contributed by atoms with Crippen molar-refractivity contribution < 1.29 is 14.5 Å². The number of benzene rings is 2. The van der Waals surface area contributed by atoms with E-state index in [0.29, 0.717) is 16.4 Å². The van der Waals surface area contributed by atoms with Gasteiger partial charge in [0.25, 0.3) is 11.6 Å². The lowest BCUT2D eigenvalue weighted by atomic mass is 10.3. The van der Waals surface area contributed by atoms with Crippen molar-refractivity contribution in [3.63, 3.8) is 0 Å². The number of nitrogens with zero attached hydrogens (tertiary/aromatic N) is 3. The second-order valence-corrected chi connectivity index (χ2v) is 7.11. The highest BCUT2D eigenvalue weighted by atomic mass is 35.5. The lowest BCUT2D eigenvalue weighted by Crippen LogP contribution is -2.24. The molecule has 2 aromatic carbocycles. The highest BCUT2D eigenvalue weighted by Crippen LogP contribution is 2.35. The molecule has 1 N–H and O–H groups in total. The van der Waals surface area contributed by atoms with Gasteiger partial charge >= 0.3 is 0 Å². The number of carbonyl (C=O) groups excluding carboxylic acids is 1. The Morgan fingerprint density at radius 2 is 1.83 bits per heavy atom. The van der Waals surface area contributed by atoms with Crippen LogP contribution in [0.2, 0.25) is 15.1 Å². The average molecular weight is 468 g/mol. The number of nitro benzene ring substituents is 1. The standard InChI is InChI=1S/C19H13Cl3N4O4/c20-12-8-16(21)19(17(22)9-12)30-11-18(27)24-23-10-15-2-1-7-25(15)13-3-5-14(6-4-13)26(28)29/h1-10H,11H2,(H,24,27)/b23-10+. The summed E-state index contributed by atoms with van der Waals surface area (Å²) in [7, 11) is 0. The maximum Gasteiger partial charge on any atom is 0.277 e. The summed E-state index contributed by atoms with van der Waals surface area (Å²) in [6.07, 6.45) is 3.19. The molecule has 0 spiro atoms. The largest absolute Gasteiger partial charge is 0.481 e. The SMILES string of the molecule is O=C(COc1c(Cl)cc(Cl)cc1Cl)N/N=C/c1cccn1-c1ccc([N+](=O)[O-])cc1. The molecule has 8 nitrogen and oxygen atoms in total. The molecule has 1 aromatic heterocycles. The molecule has 11 heteroatoms. The normalized spacial score (nSPS) is 10.9. The van der Waals surface area contributed by atoms with Crippen LogP contribution in [0, 0.1) is 10.1 Å². The third-order valence-electron chi connectivity index (χ3n) is 3.82. The Morgan fingerprint density at radius 1 is 1.17 bits per heavy atom. The molecular weight excluding hydrogens is 455 g/mol. The molecular formula is C19H13Cl3N4O4. The molecule has 0 aliphatic rings. The van der Waals surface area contributed by atoms with Crippen LogP contribution in [0.1, 0.15) is 5.69 Å². The number of ether oxygens (including phenoxy) is 1. The number of hydrazone groups is 1. The fraction of sp³-hybridized carbons (Fsp3) is 0.0526. The van der Waals surface area contributed by atoms with Gasteiger partial charge in [-0.3, -0.25) is 14.9 Å². The monoisotopic (exact) mass is 466 g/mol. The first-order valence-electron chi connectivity index (χ1n) is 8.36. The Labute approximate surface area is 185 Å². The molecule has 3 aromatic rings. The van der Waals surface area contributed by atoms with E-state index in [-0.39, 0.29) is 28.1 Å². The second-order valence-electron chi connectivity index (χ2n) is 5.86. The van der Waals surface area contributed by atoms with E-state index in [4.69, 9.17) is 39.5 Å². The minimum absolute atomic E-state index is 0.00530. The quantitative estimate of drug-likeness (QED) is 0.304. The van der Waals surface area contributed by atoms with Gasteiger partial charge in [-0.15, -0.1) is 0 Å². The van der Waals surface area contributed by atoms with E-state index >= 15 is 0 Å². The summed E-state index contributed by atoms with van der Waals surface area (Å²) in [6.45, 7) is -0.359. The zero-order valence-electron chi connectivity index (χ0n) is 15.1. The molecule has 1 amide bonds. The number of halogens is 3. The summed E-state index contributed by atoms with van der Waals surface area (Å²) >= 11 is 17.8. The minimum Gasteiger partial charge on any atom is -0.481 e. The number of hydrogen-bond acceptors (Lipinski definition) is 5. The summed E-state index contributed by atoms with van der Waals surface area (Å²) in [5.74, 6) is -0.379. The zero-order valence-corrected chi connectivity index (χ0v) is 17.4. The molecule has 1 heterocycles. The van der Waals surface area contributed by atoms with Crippen molar-refractivity contribution in [1.82, 2.24) is 9.99 Å². The number of rotatable bonds is 7. The number of hydrogen-bond donors (Lipinski definition) is 1. The highest BCUT2D eigenvalue weighted by molar-refractivity contribution is 6.40. The van der Waals surface area contributed by atoms with Gasteiger partial charge in [-0.25, -0.2) is 5.43 Å². The topological polar surface area (TPSA) is 98.8 Å². The highest BCUT2D eigenvalue weighted by Gasteiger charge is 2.11. The number of non-ortho nitro benzene ring substituents is 1.